The first-order valence-electron chi connectivity index (χ1n) is 9.05. The Kier molecular flexibility index (Phi) is 5.51. The van der Waals surface area contributed by atoms with Gasteiger partial charge in [-0.1, -0.05) is 6.07 Å². The smallest absolute Gasteiger partial charge is 0.252 e. The number of hydrogen-bond donors (Lipinski definition) is 1. The maximum atomic E-state index is 12.8. The molecular weight excluding hydrogens is 352 g/mol. The number of amides is 1. The number of nitrogens with zero attached hydrogens (tertiary/aromatic N) is 1. The topological polar surface area (TPSA) is 41.6 Å². The number of hydrogen-bond acceptors (Lipinski definition) is 5. The van der Waals surface area contributed by atoms with E-state index >= 15 is 0 Å². The molecule has 1 N–H and O–H groups in total. The molecule has 25 heavy (non-hydrogen) atoms. The van der Waals surface area contributed by atoms with Crippen LogP contribution in [0.3, 0.4) is 0 Å². The van der Waals surface area contributed by atoms with Gasteiger partial charge in [0.15, 0.2) is 0 Å². The standard InChI is InChI=1S/C19H24N2O2S2/c22-19(15-13-25-17-5-2-1-4-14(15)17)20-12-16(18-6-3-11-24-18)21-7-9-23-10-8-21/h3,6,11,13,16H,1-2,4-5,7-10,12H2,(H,20,22). The summed E-state index contributed by atoms with van der Waals surface area (Å²) in [6.07, 6.45) is 4.65. The van der Waals surface area contributed by atoms with Crippen LogP contribution in [0.25, 0.3) is 0 Å². The molecule has 6 heteroatoms. The molecule has 0 spiro atoms. The second-order valence-corrected chi connectivity index (χ2v) is 8.59. The summed E-state index contributed by atoms with van der Waals surface area (Å²) in [5, 5.41) is 7.38. The van der Waals surface area contributed by atoms with Crippen molar-refractivity contribution in [3.8, 4) is 0 Å². The third-order valence-corrected chi connectivity index (χ3v) is 7.18. The van der Waals surface area contributed by atoms with Crippen molar-refractivity contribution in [2.75, 3.05) is 32.8 Å². The van der Waals surface area contributed by atoms with E-state index in [0.29, 0.717) is 6.54 Å². The molecule has 2 aliphatic rings. The van der Waals surface area contributed by atoms with Crippen molar-refractivity contribution in [2.45, 2.75) is 31.7 Å². The zero-order chi connectivity index (χ0) is 17.1. The van der Waals surface area contributed by atoms with Gasteiger partial charge in [0.25, 0.3) is 5.91 Å². The number of morpholine rings is 1. The summed E-state index contributed by atoms with van der Waals surface area (Å²) in [7, 11) is 0. The fraction of sp³-hybridized carbons (Fsp3) is 0.526. The molecule has 0 bridgehead atoms. The van der Waals surface area contributed by atoms with E-state index in [0.717, 1.165) is 44.7 Å². The number of aryl methyl sites for hydroxylation is 1. The van der Waals surface area contributed by atoms with Gasteiger partial charge < -0.3 is 10.1 Å². The van der Waals surface area contributed by atoms with E-state index < -0.39 is 0 Å². The normalized spacial score (nSPS) is 19.4. The van der Waals surface area contributed by atoms with Gasteiger partial charge in [0.05, 0.1) is 24.8 Å². The highest BCUT2D eigenvalue weighted by atomic mass is 32.1. The first-order chi connectivity index (χ1) is 12.3. The minimum atomic E-state index is 0.0919. The number of fused-ring (bicyclic) bond motifs is 1. The lowest BCUT2D eigenvalue weighted by atomic mass is 9.95. The molecule has 1 amide bonds. The lowest BCUT2D eigenvalue weighted by molar-refractivity contribution is 0.0169. The van der Waals surface area contributed by atoms with E-state index in [1.165, 1.54) is 28.2 Å². The van der Waals surface area contributed by atoms with Gasteiger partial charge in [0.1, 0.15) is 0 Å². The molecule has 1 fully saturated rings. The second kappa shape index (κ2) is 7.99. The fourth-order valence-electron chi connectivity index (χ4n) is 3.75. The lowest BCUT2D eigenvalue weighted by Crippen LogP contribution is -2.43. The molecule has 1 aliphatic carbocycles. The van der Waals surface area contributed by atoms with Crippen LogP contribution >= 0.6 is 22.7 Å². The monoisotopic (exact) mass is 376 g/mol. The van der Waals surface area contributed by atoms with Gasteiger partial charge in [-0.25, -0.2) is 0 Å². The molecule has 1 unspecified atom stereocenters. The van der Waals surface area contributed by atoms with Gasteiger partial charge in [0, 0.05) is 34.8 Å². The van der Waals surface area contributed by atoms with Crippen molar-refractivity contribution in [1.82, 2.24) is 10.2 Å². The highest BCUT2D eigenvalue weighted by Crippen LogP contribution is 2.30. The third kappa shape index (κ3) is 3.82. The molecular formula is C19H24N2O2S2. The van der Waals surface area contributed by atoms with Gasteiger partial charge in [-0.15, -0.1) is 22.7 Å². The van der Waals surface area contributed by atoms with Crippen molar-refractivity contribution in [3.05, 3.63) is 43.8 Å². The second-order valence-electron chi connectivity index (χ2n) is 6.65. The molecule has 4 nitrogen and oxygen atoms in total. The Morgan fingerprint density at radius 3 is 2.88 bits per heavy atom. The van der Waals surface area contributed by atoms with Crippen LogP contribution in [0, 0.1) is 0 Å². The summed E-state index contributed by atoms with van der Waals surface area (Å²) in [5.41, 5.74) is 2.21. The van der Waals surface area contributed by atoms with E-state index in [-0.39, 0.29) is 11.9 Å². The van der Waals surface area contributed by atoms with E-state index in [4.69, 9.17) is 4.74 Å². The third-order valence-electron chi connectivity index (χ3n) is 5.12. The van der Waals surface area contributed by atoms with Gasteiger partial charge in [-0.3, -0.25) is 9.69 Å². The molecule has 2 aromatic rings. The van der Waals surface area contributed by atoms with Gasteiger partial charge >= 0.3 is 0 Å². The van der Waals surface area contributed by atoms with Crippen LogP contribution in [0.4, 0.5) is 0 Å². The van der Waals surface area contributed by atoms with Crippen molar-refractivity contribution in [3.63, 3.8) is 0 Å². The van der Waals surface area contributed by atoms with Gasteiger partial charge in [0.2, 0.25) is 0 Å². The Hall–Kier alpha value is -1.21. The first-order valence-corrected chi connectivity index (χ1v) is 10.8. The van der Waals surface area contributed by atoms with E-state index in [1.807, 2.05) is 0 Å². The Morgan fingerprint density at radius 1 is 1.24 bits per heavy atom. The number of ether oxygens (including phenoxy) is 1. The van der Waals surface area contributed by atoms with Crippen molar-refractivity contribution in [1.29, 1.82) is 0 Å². The summed E-state index contributed by atoms with van der Waals surface area (Å²) in [4.78, 5) is 18.0. The Morgan fingerprint density at radius 2 is 2.08 bits per heavy atom. The zero-order valence-corrected chi connectivity index (χ0v) is 16.0. The molecule has 1 atom stereocenters. The minimum Gasteiger partial charge on any atom is -0.379 e. The summed E-state index contributed by atoms with van der Waals surface area (Å²) in [6.45, 7) is 4.05. The van der Waals surface area contributed by atoms with E-state index in [2.05, 4.69) is 33.1 Å². The summed E-state index contributed by atoms with van der Waals surface area (Å²) in [5.74, 6) is 0.0919. The van der Waals surface area contributed by atoms with Crippen LogP contribution < -0.4 is 5.32 Å². The van der Waals surface area contributed by atoms with Crippen LogP contribution in [0.2, 0.25) is 0 Å². The molecule has 3 heterocycles. The Balaban J connectivity index is 1.45. The minimum absolute atomic E-state index is 0.0919. The van der Waals surface area contributed by atoms with Crippen LogP contribution in [0.5, 0.6) is 0 Å². The predicted octanol–water partition coefficient (Wildman–Crippen LogP) is 3.49. The SMILES string of the molecule is O=C(NCC(c1cccs1)N1CCOCC1)c1csc2c1CCCC2. The summed E-state index contributed by atoms with van der Waals surface area (Å²) in [6, 6.07) is 4.50. The fourth-order valence-corrected chi connectivity index (χ4v) is 5.74. The van der Waals surface area contributed by atoms with E-state index in [1.54, 1.807) is 22.7 Å². The van der Waals surface area contributed by atoms with E-state index in [9.17, 15) is 4.79 Å². The van der Waals surface area contributed by atoms with Gasteiger partial charge in [-0.05, 0) is 42.7 Å². The van der Waals surface area contributed by atoms with Gasteiger partial charge in [-0.2, -0.15) is 0 Å². The van der Waals surface area contributed by atoms with Crippen molar-refractivity contribution >= 4 is 28.6 Å². The predicted molar refractivity (Wildman–Crippen MR) is 103 cm³/mol. The summed E-state index contributed by atoms with van der Waals surface area (Å²) >= 11 is 3.52. The van der Waals surface area contributed by atoms with Crippen LogP contribution in [-0.2, 0) is 17.6 Å². The number of thiophene rings is 2. The maximum Gasteiger partial charge on any atom is 0.252 e. The van der Waals surface area contributed by atoms with Crippen molar-refractivity contribution in [2.24, 2.45) is 0 Å². The molecule has 4 rings (SSSR count). The molecule has 134 valence electrons. The van der Waals surface area contributed by atoms with Crippen LogP contribution in [-0.4, -0.2) is 43.7 Å². The van der Waals surface area contributed by atoms with Crippen LogP contribution in [0.1, 0.15) is 44.6 Å². The number of carbonyl (C=O) groups is 1. The zero-order valence-electron chi connectivity index (χ0n) is 14.3. The molecule has 0 saturated carbocycles. The Bertz CT molecular complexity index is 705. The molecule has 1 saturated heterocycles. The average molecular weight is 377 g/mol. The van der Waals surface area contributed by atoms with Crippen molar-refractivity contribution < 1.29 is 9.53 Å². The lowest BCUT2D eigenvalue weighted by Gasteiger charge is -2.34. The maximum absolute atomic E-state index is 12.8. The highest BCUT2D eigenvalue weighted by Gasteiger charge is 2.25. The summed E-state index contributed by atoms with van der Waals surface area (Å²) < 4.78 is 5.49. The first kappa shape index (κ1) is 17.2. The number of rotatable bonds is 5. The largest absolute Gasteiger partial charge is 0.379 e. The highest BCUT2D eigenvalue weighted by molar-refractivity contribution is 7.10. The molecule has 0 aromatic carbocycles. The molecule has 1 aliphatic heterocycles. The average Bonchev–Trinajstić information content (AvgIpc) is 3.32. The Labute approximate surface area is 156 Å². The quantitative estimate of drug-likeness (QED) is 0.868. The van der Waals surface area contributed by atoms with Crippen LogP contribution in [0.15, 0.2) is 22.9 Å². The molecule has 2 aromatic heterocycles. The molecule has 0 radical (unpaired) electrons. The number of nitrogens with one attached hydrogen (secondary N) is 1. The number of carbonyl (C=O) groups excluding carboxylic acids is 1.